The predicted molar refractivity (Wildman–Crippen MR) is 91.2 cm³/mol. The van der Waals surface area contributed by atoms with Crippen LogP contribution in [0.15, 0.2) is 24.5 Å². The van der Waals surface area contributed by atoms with Gasteiger partial charge in [-0.2, -0.15) is 0 Å². The first-order valence-corrected chi connectivity index (χ1v) is 8.09. The number of nitrogens with one attached hydrogen (secondary N) is 2. The standard InChI is InChI=1S/C18H22N4O2/c1-11-4-5-15-16(10-24-17(15)13(11)3)22-18(23)20-7-6-14-9-19-8-12(2)21-14/h4-5,8-9,16H,6-7,10H2,1-3H3,(H2,20,22,23). The highest BCUT2D eigenvalue weighted by atomic mass is 16.5. The summed E-state index contributed by atoms with van der Waals surface area (Å²) in [7, 11) is 0. The minimum atomic E-state index is -0.199. The van der Waals surface area contributed by atoms with E-state index in [1.54, 1.807) is 12.4 Å². The third-order valence-corrected chi connectivity index (χ3v) is 4.25. The molecule has 2 N–H and O–H groups in total. The average molecular weight is 326 g/mol. The molecule has 1 aromatic carbocycles. The fourth-order valence-corrected chi connectivity index (χ4v) is 2.80. The Hall–Kier alpha value is -2.63. The SMILES string of the molecule is Cc1cncc(CCNC(=O)NC2COc3c2ccc(C)c3C)n1. The van der Waals surface area contributed by atoms with Gasteiger partial charge < -0.3 is 15.4 Å². The zero-order valence-electron chi connectivity index (χ0n) is 14.2. The lowest BCUT2D eigenvalue weighted by atomic mass is 10.0. The molecule has 0 bridgehead atoms. The van der Waals surface area contributed by atoms with Crippen LogP contribution in [0, 0.1) is 20.8 Å². The molecular formula is C18H22N4O2. The third kappa shape index (κ3) is 3.48. The Morgan fingerprint density at radius 3 is 2.92 bits per heavy atom. The molecule has 1 unspecified atom stereocenters. The lowest BCUT2D eigenvalue weighted by molar-refractivity contribution is 0.232. The second-order valence-electron chi connectivity index (χ2n) is 6.09. The van der Waals surface area contributed by atoms with E-state index < -0.39 is 0 Å². The summed E-state index contributed by atoms with van der Waals surface area (Å²) in [6.07, 6.45) is 4.09. The molecule has 126 valence electrons. The Kier molecular flexibility index (Phi) is 4.64. The van der Waals surface area contributed by atoms with Crippen LogP contribution in [-0.4, -0.2) is 29.2 Å². The van der Waals surface area contributed by atoms with Crippen molar-refractivity contribution in [3.63, 3.8) is 0 Å². The number of aryl methyl sites for hydroxylation is 2. The van der Waals surface area contributed by atoms with Gasteiger partial charge in [-0.15, -0.1) is 0 Å². The number of urea groups is 1. The first-order valence-electron chi connectivity index (χ1n) is 8.09. The Balaban J connectivity index is 1.53. The van der Waals surface area contributed by atoms with E-state index in [-0.39, 0.29) is 12.1 Å². The number of nitrogens with zero attached hydrogens (tertiary/aromatic N) is 2. The van der Waals surface area contributed by atoms with Gasteiger partial charge in [0.1, 0.15) is 12.4 Å². The summed E-state index contributed by atoms with van der Waals surface area (Å²) in [6, 6.07) is 3.78. The highest BCUT2D eigenvalue weighted by Gasteiger charge is 2.27. The van der Waals surface area contributed by atoms with E-state index in [0.29, 0.717) is 19.6 Å². The van der Waals surface area contributed by atoms with Crippen LogP contribution in [0.25, 0.3) is 0 Å². The number of ether oxygens (including phenoxy) is 1. The van der Waals surface area contributed by atoms with Crippen LogP contribution in [-0.2, 0) is 6.42 Å². The van der Waals surface area contributed by atoms with Crippen molar-refractivity contribution in [1.29, 1.82) is 0 Å². The lowest BCUT2D eigenvalue weighted by Gasteiger charge is -2.13. The first-order chi connectivity index (χ1) is 11.5. The lowest BCUT2D eigenvalue weighted by Crippen LogP contribution is -2.39. The third-order valence-electron chi connectivity index (χ3n) is 4.25. The Morgan fingerprint density at radius 2 is 2.12 bits per heavy atom. The molecule has 0 fully saturated rings. The summed E-state index contributed by atoms with van der Waals surface area (Å²) in [5.74, 6) is 0.898. The van der Waals surface area contributed by atoms with Crippen LogP contribution < -0.4 is 15.4 Å². The number of amides is 2. The van der Waals surface area contributed by atoms with Crippen LogP contribution in [0.4, 0.5) is 4.79 Å². The molecule has 1 aliphatic rings. The van der Waals surface area contributed by atoms with Crippen molar-refractivity contribution >= 4 is 6.03 Å². The van der Waals surface area contributed by atoms with Gasteiger partial charge in [-0.1, -0.05) is 12.1 Å². The van der Waals surface area contributed by atoms with E-state index in [4.69, 9.17) is 4.74 Å². The number of carbonyl (C=O) groups is 1. The molecule has 6 heteroatoms. The van der Waals surface area contributed by atoms with Gasteiger partial charge in [-0.05, 0) is 31.9 Å². The largest absolute Gasteiger partial charge is 0.490 e. The molecule has 2 heterocycles. The van der Waals surface area contributed by atoms with E-state index in [1.807, 2.05) is 19.9 Å². The van der Waals surface area contributed by atoms with Gasteiger partial charge in [-0.3, -0.25) is 9.97 Å². The van der Waals surface area contributed by atoms with Crippen molar-refractivity contribution in [2.75, 3.05) is 13.2 Å². The molecular weight excluding hydrogens is 304 g/mol. The van der Waals surface area contributed by atoms with E-state index in [2.05, 4.69) is 33.6 Å². The smallest absolute Gasteiger partial charge is 0.315 e. The summed E-state index contributed by atoms with van der Waals surface area (Å²) in [5, 5.41) is 5.83. The fraction of sp³-hybridized carbons (Fsp3) is 0.389. The van der Waals surface area contributed by atoms with Gasteiger partial charge in [0.05, 0.1) is 17.4 Å². The van der Waals surface area contributed by atoms with Gasteiger partial charge in [-0.25, -0.2) is 4.79 Å². The van der Waals surface area contributed by atoms with Gasteiger partial charge in [0.15, 0.2) is 0 Å². The number of rotatable bonds is 4. The molecule has 0 aliphatic carbocycles. The zero-order valence-corrected chi connectivity index (χ0v) is 14.2. The van der Waals surface area contributed by atoms with Gasteiger partial charge in [0.2, 0.25) is 0 Å². The summed E-state index contributed by atoms with van der Waals surface area (Å²) in [6.45, 7) is 6.98. The van der Waals surface area contributed by atoms with Crippen molar-refractivity contribution in [2.45, 2.75) is 33.2 Å². The molecule has 1 aromatic heterocycles. The number of carbonyl (C=O) groups excluding carboxylic acids is 1. The predicted octanol–water partition coefficient (Wildman–Crippen LogP) is 2.38. The number of hydrogen-bond acceptors (Lipinski definition) is 4. The van der Waals surface area contributed by atoms with Crippen molar-refractivity contribution in [3.8, 4) is 5.75 Å². The first kappa shape index (κ1) is 16.2. The summed E-state index contributed by atoms with van der Waals surface area (Å²) in [5.41, 5.74) is 5.12. The Morgan fingerprint density at radius 1 is 1.29 bits per heavy atom. The van der Waals surface area contributed by atoms with E-state index in [9.17, 15) is 4.79 Å². The molecule has 0 saturated carbocycles. The normalized spacial score (nSPS) is 15.5. The Labute approximate surface area is 141 Å². The molecule has 1 atom stereocenters. The second kappa shape index (κ2) is 6.86. The van der Waals surface area contributed by atoms with Crippen LogP contribution in [0.1, 0.15) is 34.1 Å². The van der Waals surface area contributed by atoms with Crippen LogP contribution >= 0.6 is 0 Å². The maximum atomic E-state index is 12.1. The van der Waals surface area contributed by atoms with E-state index in [0.717, 1.165) is 28.3 Å². The molecule has 0 radical (unpaired) electrons. The van der Waals surface area contributed by atoms with Crippen molar-refractivity contribution in [3.05, 3.63) is 52.6 Å². The summed E-state index contributed by atoms with van der Waals surface area (Å²) in [4.78, 5) is 20.6. The molecule has 2 aromatic rings. The molecule has 2 amide bonds. The topological polar surface area (TPSA) is 76.1 Å². The van der Waals surface area contributed by atoms with Crippen LogP contribution in [0.2, 0.25) is 0 Å². The minimum absolute atomic E-state index is 0.113. The highest BCUT2D eigenvalue weighted by molar-refractivity contribution is 5.75. The van der Waals surface area contributed by atoms with Crippen molar-refractivity contribution in [2.24, 2.45) is 0 Å². The molecule has 0 saturated heterocycles. The zero-order chi connectivity index (χ0) is 17.1. The number of benzene rings is 1. The fourth-order valence-electron chi connectivity index (χ4n) is 2.80. The average Bonchev–Trinajstić information content (AvgIpc) is 2.94. The molecule has 0 spiro atoms. The van der Waals surface area contributed by atoms with Crippen molar-refractivity contribution < 1.29 is 9.53 Å². The van der Waals surface area contributed by atoms with Gasteiger partial charge in [0.25, 0.3) is 0 Å². The van der Waals surface area contributed by atoms with Gasteiger partial charge >= 0.3 is 6.03 Å². The van der Waals surface area contributed by atoms with E-state index in [1.165, 1.54) is 5.56 Å². The summed E-state index contributed by atoms with van der Waals surface area (Å²) < 4.78 is 5.75. The number of fused-ring (bicyclic) bond motifs is 1. The monoisotopic (exact) mass is 326 g/mol. The molecule has 24 heavy (non-hydrogen) atoms. The quantitative estimate of drug-likeness (QED) is 0.904. The minimum Gasteiger partial charge on any atom is -0.490 e. The Bertz CT molecular complexity index is 761. The highest BCUT2D eigenvalue weighted by Crippen LogP contribution is 2.36. The van der Waals surface area contributed by atoms with Gasteiger partial charge in [0, 0.05) is 30.9 Å². The van der Waals surface area contributed by atoms with Crippen LogP contribution in [0.5, 0.6) is 5.75 Å². The maximum Gasteiger partial charge on any atom is 0.315 e. The van der Waals surface area contributed by atoms with Crippen LogP contribution in [0.3, 0.4) is 0 Å². The number of hydrogen-bond donors (Lipinski definition) is 2. The second-order valence-corrected chi connectivity index (χ2v) is 6.09. The van der Waals surface area contributed by atoms with E-state index >= 15 is 0 Å². The molecule has 3 rings (SSSR count). The molecule has 1 aliphatic heterocycles. The maximum absolute atomic E-state index is 12.1. The summed E-state index contributed by atoms with van der Waals surface area (Å²) >= 11 is 0. The molecule has 6 nitrogen and oxygen atoms in total. The number of aromatic nitrogens is 2. The van der Waals surface area contributed by atoms with Crippen molar-refractivity contribution in [1.82, 2.24) is 20.6 Å².